The number of nitrogens with one attached hydrogen (secondary N) is 2. The Bertz CT molecular complexity index is 719. The SMILES string of the molecule is Cc1cccc(C)c1OC(C)C1CN(C(=N)c2ccccc2)CCN1.Cl.Cl. The van der Waals surface area contributed by atoms with Gasteiger partial charge in [-0.1, -0.05) is 48.5 Å². The highest BCUT2D eigenvalue weighted by Crippen LogP contribution is 2.24. The third-order valence-corrected chi connectivity index (χ3v) is 4.85. The number of rotatable bonds is 4. The first kappa shape index (κ1) is 23.3. The van der Waals surface area contributed by atoms with Gasteiger partial charge in [0, 0.05) is 25.2 Å². The summed E-state index contributed by atoms with van der Waals surface area (Å²) in [6, 6.07) is 16.4. The molecule has 1 aliphatic rings. The number of ether oxygens (including phenoxy) is 1. The number of nitrogens with zero attached hydrogens (tertiary/aromatic N) is 1. The summed E-state index contributed by atoms with van der Waals surface area (Å²) in [6.07, 6.45) is 0.0335. The second-order valence-corrected chi connectivity index (χ2v) is 6.77. The van der Waals surface area contributed by atoms with Gasteiger partial charge in [0.1, 0.15) is 17.7 Å². The van der Waals surface area contributed by atoms with Crippen LogP contribution in [0.1, 0.15) is 23.6 Å². The van der Waals surface area contributed by atoms with Crippen LogP contribution < -0.4 is 10.1 Å². The van der Waals surface area contributed by atoms with Crippen LogP contribution in [0.3, 0.4) is 0 Å². The number of piperazine rings is 1. The fourth-order valence-electron chi connectivity index (χ4n) is 3.33. The van der Waals surface area contributed by atoms with E-state index >= 15 is 0 Å². The van der Waals surface area contributed by atoms with Gasteiger partial charge in [0.15, 0.2) is 0 Å². The molecule has 0 radical (unpaired) electrons. The fraction of sp³-hybridized carbons (Fsp3) is 0.381. The van der Waals surface area contributed by atoms with Gasteiger partial charge in [-0.2, -0.15) is 0 Å². The molecule has 0 saturated carbocycles. The molecule has 1 saturated heterocycles. The predicted molar refractivity (Wildman–Crippen MR) is 117 cm³/mol. The highest BCUT2D eigenvalue weighted by Gasteiger charge is 2.27. The molecule has 27 heavy (non-hydrogen) atoms. The summed E-state index contributed by atoms with van der Waals surface area (Å²) < 4.78 is 6.29. The van der Waals surface area contributed by atoms with E-state index in [1.807, 2.05) is 30.3 Å². The van der Waals surface area contributed by atoms with Crippen molar-refractivity contribution in [1.29, 1.82) is 5.41 Å². The molecule has 1 fully saturated rings. The molecule has 1 aliphatic heterocycles. The van der Waals surface area contributed by atoms with Crippen molar-refractivity contribution in [3.63, 3.8) is 0 Å². The molecule has 2 aromatic carbocycles. The topological polar surface area (TPSA) is 48.4 Å². The highest BCUT2D eigenvalue weighted by molar-refractivity contribution is 5.96. The van der Waals surface area contributed by atoms with Crippen molar-refractivity contribution >= 4 is 30.6 Å². The minimum absolute atomic E-state index is 0. The molecule has 0 bridgehead atoms. The van der Waals surface area contributed by atoms with Gasteiger partial charge in [-0.15, -0.1) is 24.8 Å². The lowest BCUT2D eigenvalue weighted by atomic mass is 10.1. The highest BCUT2D eigenvalue weighted by atomic mass is 35.5. The molecular weight excluding hydrogens is 381 g/mol. The summed E-state index contributed by atoms with van der Waals surface area (Å²) in [5.41, 5.74) is 3.29. The van der Waals surface area contributed by atoms with Crippen molar-refractivity contribution in [2.45, 2.75) is 32.9 Å². The number of hydrogen-bond donors (Lipinski definition) is 2. The minimum Gasteiger partial charge on any atom is -0.488 e. The van der Waals surface area contributed by atoms with Crippen LogP contribution in [0.4, 0.5) is 0 Å². The summed E-state index contributed by atoms with van der Waals surface area (Å²) in [4.78, 5) is 2.14. The minimum atomic E-state index is 0. The lowest BCUT2D eigenvalue weighted by molar-refractivity contribution is 0.133. The molecule has 2 unspecified atom stereocenters. The summed E-state index contributed by atoms with van der Waals surface area (Å²) in [6.45, 7) is 8.77. The average molecular weight is 410 g/mol. The predicted octanol–water partition coefficient (Wildman–Crippen LogP) is 4.21. The Hall–Kier alpha value is -1.75. The van der Waals surface area contributed by atoms with Gasteiger partial charge in [-0.05, 0) is 31.9 Å². The van der Waals surface area contributed by atoms with Crippen LogP contribution in [0.2, 0.25) is 0 Å². The first-order chi connectivity index (χ1) is 12.1. The van der Waals surface area contributed by atoms with Crippen molar-refractivity contribution in [1.82, 2.24) is 10.2 Å². The number of para-hydroxylation sites is 1. The molecule has 2 N–H and O–H groups in total. The van der Waals surface area contributed by atoms with Crippen LogP contribution in [0.5, 0.6) is 5.75 Å². The monoisotopic (exact) mass is 409 g/mol. The van der Waals surface area contributed by atoms with Gasteiger partial charge >= 0.3 is 0 Å². The maximum absolute atomic E-state index is 8.50. The third kappa shape index (κ3) is 5.61. The van der Waals surface area contributed by atoms with Gasteiger partial charge in [0.25, 0.3) is 0 Å². The Morgan fingerprint density at radius 2 is 1.70 bits per heavy atom. The number of hydrogen-bond acceptors (Lipinski definition) is 3. The van der Waals surface area contributed by atoms with E-state index in [-0.39, 0.29) is 37.0 Å². The van der Waals surface area contributed by atoms with E-state index in [0.717, 1.165) is 42.1 Å². The van der Waals surface area contributed by atoms with Crippen LogP contribution in [-0.2, 0) is 0 Å². The molecule has 2 aromatic rings. The van der Waals surface area contributed by atoms with Crippen LogP contribution in [-0.4, -0.2) is 42.5 Å². The zero-order valence-corrected chi connectivity index (χ0v) is 17.7. The quantitative estimate of drug-likeness (QED) is 0.586. The van der Waals surface area contributed by atoms with E-state index in [4.69, 9.17) is 10.1 Å². The van der Waals surface area contributed by atoms with Crippen LogP contribution in [0.25, 0.3) is 0 Å². The Labute approximate surface area is 174 Å². The first-order valence-electron chi connectivity index (χ1n) is 8.91. The summed E-state index contributed by atoms with van der Waals surface area (Å²) in [5, 5.41) is 12.1. The summed E-state index contributed by atoms with van der Waals surface area (Å²) in [5.74, 6) is 1.57. The molecule has 0 aliphatic carbocycles. The zero-order valence-electron chi connectivity index (χ0n) is 16.1. The van der Waals surface area contributed by atoms with E-state index in [9.17, 15) is 0 Å². The second kappa shape index (κ2) is 10.5. The first-order valence-corrected chi connectivity index (χ1v) is 8.91. The Morgan fingerprint density at radius 3 is 2.33 bits per heavy atom. The number of amidine groups is 1. The molecule has 3 rings (SSSR count). The van der Waals surface area contributed by atoms with Crippen molar-refractivity contribution in [3.05, 3.63) is 65.2 Å². The Morgan fingerprint density at radius 1 is 1.07 bits per heavy atom. The number of aryl methyl sites for hydroxylation is 2. The normalized spacial score (nSPS) is 17.3. The Balaban J connectivity index is 0.00000182. The lowest BCUT2D eigenvalue weighted by Crippen LogP contribution is -2.57. The van der Waals surface area contributed by atoms with Crippen LogP contribution in [0, 0.1) is 19.3 Å². The summed E-state index contributed by atoms with van der Waals surface area (Å²) in [7, 11) is 0. The molecule has 0 aromatic heterocycles. The number of benzene rings is 2. The van der Waals surface area contributed by atoms with Crippen molar-refractivity contribution in [2.24, 2.45) is 0 Å². The molecule has 148 valence electrons. The van der Waals surface area contributed by atoms with E-state index < -0.39 is 0 Å². The molecule has 1 heterocycles. The van der Waals surface area contributed by atoms with Gasteiger partial charge in [-0.25, -0.2) is 0 Å². The maximum Gasteiger partial charge on any atom is 0.128 e. The van der Waals surface area contributed by atoms with E-state index in [0.29, 0.717) is 5.84 Å². The molecule has 0 amide bonds. The van der Waals surface area contributed by atoms with Crippen molar-refractivity contribution in [3.8, 4) is 5.75 Å². The van der Waals surface area contributed by atoms with Crippen molar-refractivity contribution < 1.29 is 4.74 Å². The van der Waals surface area contributed by atoms with Gasteiger partial charge in [0.05, 0.1) is 6.04 Å². The van der Waals surface area contributed by atoms with Crippen LogP contribution in [0.15, 0.2) is 48.5 Å². The lowest BCUT2D eigenvalue weighted by Gasteiger charge is -2.38. The van der Waals surface area contributed by atoms with Crippen molar-refractivity contribution in [2.75, 3.05) is 19.6 Å². The van der Waals surface area contributed by atoms with Crippen LogP contribution >= 0.6 is 24.8 Å². The second-order valence-electron chi connectivity index (χ2n) is 6.77. The number of halogens is 2. The molecule has 6 heteroatoms. The fourth-order valence-corrected chi connectivity index (χ4v) is 3.33. The average Bonchev–Trinajstić information content (AvgIpc) is 2.65. The molecule has 0 spiro atoms. The van der Waals surface area contributed by atoms with E-state index in [1.165, 1.54) is 0 Å². The molecule has 4 nitrogen and oxygen atoms in total. The van der Waals surface area contributed by atoms with Gasteiger partial charge < -0.3 is 15.0 Å². The standard InChI is InChI=1S/C21H27N3O.2ClH/c1-15-8-7-9-16(2)20(15)25-17(3)19-14-24(13-12-23-19)21(22)18-10-5-4-6-11-18;;/h4-11,17,19,22-23H,12-14H2,1-3H3;2*1H. The maximum atomic E-state index is 8.50. The van der Waals surface area contributed by atoms with Gasteiger partial charge in [0.2, 0.25) is 0 Å². The Kier molecular flexibility index (Phi) is 9.10. The zero-order chi connectivity index (χ0) is 17.8. The van der Waals surface area contributed by atoms with E-state index in [2.05, 4.69) is 49.2 Å². The summed E-state index contributed by atoms with van der Waals surface area (Å²) >= 11 is 0. The van der Waals surface area contributed by atoms with E-state index in [1.54, 1.807) is 0 Å². The van der Waals surface area contributed by atoms with Gasteiger partial charge in [-0.3, -0.25) is 5.41 Å². The smallest absolute Gasteiger partial charge is 0.128 e. The molecular formula is C21H29Cl2N3O. The molecule has 2 atom stereocenters. The third-order valence-electron chi connectivity index (χ3n) is 4.85. The largest absolute Gasteiger partial charge is 0.488 e.